The fraction of sp³-hybridized carbons (Fsp3) is 0.276. The van der Waals surface area contributed by atoms with Crippen LogP contribution in [0.3, 0.4) is 0 Å². The van der Waals surface area contributed by atoms with Crippen LogP contribution in [0.15, 0.2) is 72.8 Å². The molecule has 9 heteroatoms. The molecule has 2 atom stereocenters. The molecule has 1 aliphatic carbocycles. The number of para-hydroxylation sites is 1. The van der Waals surface area contributed by atoms with Crippen molar-refractivity contribution in [3.63, 3.8) is 0 Å². The van der Waals surface area contributed by atoms with Gasteiger partial charge >= 0.3 is 6.09 Å². The third kappa shape index (κ3) is 5.61. The number of benzene rings is 3. The smallest absolute Gasteiger partial charge is 0.411 e. The van der Waals surface area contributed by atoms with Gasteiger partial charge in [0, 0.05) is 12.2 Å². The number of carbonyl (C=O) groups excluding carboxylic acids is 3. The fourth-order valence-electron chi connectivity index (χ4n) is 4.45. The summed E-state index contributed by atoms with van der Waals surface area (Å²) < 4.78 is 24.3. The number of ether oxygens (including phenoxy) is 2. The lowest BCUT2D eigenvalue weighted by molar-refractivity contribution is -0.126. The van der Waals surface area contributed by atoms with Gasteiger partial charge < -0.3 is 20.1 Å². The predicted molar refractivity (Wildman–Crippen MR) is 138 cm³/mol. The SMILES string of the molecule is COc1ccccc1C(=O)Nc1ccc(C2OC(=O)N(Cc3ccc(F)cc3)C2C(=O)NCC2CC2)cc1. The summed E-state index contributed by atoms with van der Waals surface area (Å²) in [5.74, 6) is -0.0890. The third-order valence-corrected chi connectivity index (χ3v) is 6.73. The van der Waals surface area contributed by atoms with Gasteiger partial charge in [-0.15, -0.1) is 0 Å². The molecule has 0 aromatic heterocycles. The summed E-state index contributed by atoms with van der Waals surface area (Å²) >= 11 is 0. The van der Waals surface area contributed by atoms with Gasteiger partial charge in [-0.05, 0) is 66.3 Å². The van der Waals surface area contributed by atoms with Gasteiger partial charge in [0.2, 0.25) is 5.91 Å². The summed E-state index contributed by atoms with van der Waals surface area (Å²) in [6.07, 6.45) is 0.677. The first-order chi connectivity index (χ1) is 18.4. The molecule has 8 nitrogen and oxygen atoms in total. The minimum atomic E-state index is -0.902. The molecule has 1 aliphatic heterocycles. The van der Waals surface area contributed by atoms with E-state index in [1.165, 1.54) is 24.1 Å². The Morgan fingerprint density at radius 3 is 2.42 bits per heavy atom. The number of anilines is 1. The number of cyclic esters (lactones) is 1. The van der Waals surface area contributed by atoms with Crippen molar-refractivity contribution in [1.82, 2.24) is 10.2 Å². The normalized spacial score (nSPS) is 18.6. The van der Waals surface area contributed by atoms with Crippen molar-refractivity contribution < 1.29 is 28.2 Å². The van der Waals surface area contributed by atoms with Crippen molar-refractivity contribution in [2.75, 3.05) is 19.0 Å². The van der Waals surface area contributed by atoms with Crippen molar-refractivity contribution in [2.45, 2.75) is 31.5 Å². The average Bonchev–Trinajstić information content (AvgIpc) is 3.71. The zero-order valence-electron chi connectivity index (χ0n) is 20.9. The Morgan fingerprint density at radius 2 is 1.74 bits per heavy atom. The van der Waals surface area contributed by atoms with E-state index in [1.54, 1.807) is 60.7 Å². The number of methoxy groups -OCH3 is 1. The molecule has 38 heavy (non-hydrogen) atoms. The van der Waals surface area contributed by atoms with Gasteiger partial charge in [-0.2, -0.15) is 0 Å². The van der Waals surface area contributed by atoms with E-state index in [4.69, 9.17) is 9.47 Å². The molecule has 196 valence electrons. The minimum absolute atomic E-state index is 0.101. The number of amides is 3. The van der Waals surface area contributed by atoms with Gasteiger partial charge in [0.25, 0.3) is 5.91 Å². The van der Waals surface area contributed by atoms with Crippen LogP contribution in [0, 0.1) is 11.7 Å². The number of nitrogens with zero attached hydrogens (tertiary/aromatic N) is 1. The number of hydrogen-bond acceptors (Lipinski definition) is 5. The van der Waals surface area contributed by atoms with Crippen LogP contribution in [-0.2, 0) is 16.1 Å². The Bertz CT molecular complexity index is 1320. The first kappa shape index (κ1) is 25.3. The van der Waals surface area contributed by atoms with Crippen molar-refractivity contribution >= 4 is 23.6 Å². The summed E-state index contributed by atoms with van der Waals surface area (Å²) in [4.78, 5) is 40.3. The van der Waals surface area contributed by atoms with Crippen molar-refractivity contribution in [3.8, 4) is 5.75 Å². The maximum absolute atomic E-state index is 13.4. The van der Waals surface area contributed by atoms with Gasteiger partial charge in [-0.25, -0.2) is 9.18 Å². The molecule has 1 heterocycles. The highest BCUT2D eigenvalue weighted by Crippen LogP contribution is 2.35. The van der Waals surface area contributed by atoms with E-state index in [0.717, 1.165) is 12.8 Å². The van der Waals surface area contributed by atoms with Crippen LogP contribution in [0.4, 0.5) is 14.9 Å². The molecule has 3 aromatic carbocycles. The number of halogens is 1. The molecule has 0 radical (unpaired) electrons. The van der Waals surface area contributed by atoms with Crippen LogP contribution < -0.4 is 15.4 Å². The standard InChI is InChI=1S/C29H28FN3O5/c1-37-24-5-3-2-4-23(24)27(34)32-22-14-10-20(11-15-22)26-25(28(35)31-16-18-6-7-18)33(29(36)38-26)17-19-8-12-21(30)13-9-19/h2-5,8-15,18,25-26H,6-7,16-17H2,1H3,(H,31,35)(H,32,34). The van der Waals surface area contributed by atoms with Crippen LogP contribution >= 0.6 is 0 Å². The molecule has 0 bridgehead atoms. The second-order valence-corrected chi connectivity index (χ2v) is 9.47. The number of rotatable bonds is 9. The molecule has 0 spiro atoms. The monoisotopic (exact) mass is 517 g/mol. The highest BCUT2D eigenvalue weighted by Gasteiger charge is 2.47. The zero-order chi connectivity index (χ0) is 26.6. The lowest BCUT2D eigenvalue weighted by Gasteiger charge is -2.24. The van der Waals surface area contributed by atoms with Crippen molar-refractivity contribution in [2.24, 2.45) is 5.92 Å². The first-order valence-corrected chi connectivity index (χ1v) is 12.5. The summed E-state index contributed by atoms with van der Waals surface area (Å²) in [5, 5.41) is 5.79. The third-order valence-electron chi connectivity index (χ3n) is 6.73. The first-order valence-electron chi connectivity index (χ1n) is 12.5. The predicted octanol–water partition coefficient (Wildman–Crippen LogP) is 4.67. The summed E-state index contributed by atoms with van der Waals surface area (Å²) in [6.45, 7) is 0.652. The molecule has 2 unspecified atom stereocenters. The quantitative estimate of drug-likeness (QED) is 0.430. The zero-order valence-corrected chi connectivity index (χ0v) is 20.9. The van der Waals surface area contributed by atoms with Crippen LogP contribution in [0.2, 0.25) is 0 Å². The lowest BCUT2D eigenvalue weighted by Crippen LogP contribution is -2.46. The summed E-state index contributed by atoms with van der Waals surface area (Å²) in [5.41, 5.74) is 2.22. The van der Waals surface area contributed by atoms with Gasteiger partial charge in [0.15, 0.2) is 12.1 Å². The molecule has 2 fully saturated rings. The van der Waals surface area contributed by atoms with Crippen LogP contribution in [0.5, 0.6) is 5.75 Å². The molecule has 1 saturated carbocycles. The Hall–Kier alpha value is -4.40. The van der Waals surface area contributed by atoms with E-state index in [2.05, 4.69) is 10.6 Å². The fourth-order valence-corrected chi connectivity index (χ4v) is 4.45. The van der Waals surface area contributed by atoms with Crippen LogP contribution in [0.25, 0.3) is 0 Å². The Balaban J connectivity index is 1.34. The van der Waals surface area contributed by atoms with E-state index >= 15 is 0 Å². The number of hydrogen-bond donors (Lipinski definition) is 2. The topological polar surface area (TPSA) is 97.0 Å². The van der Waals surface area contributed by atoms with E-state index in [9.17, 15) is 18.8 Å². The van der Waals surface area contributed by atoms with Crippen LogP contribution in [0.1, 0.15) is 40.4 Å². The summed E-state index contributed by atoms with van der Waals surface area (Å²) in [6, 6.07) is 18.6. The second-order valence-electron chi connectivity index (χ2n) is 9.47. The van der Waals surface area contributed by atoms with Crippen LogP contribution in [-0.4, -0.2) is 42.5 Å². The van der Waals surface area contributed by atoms with Gasteiger partial charge in [0.05, 0.1) is 19.2 Å². The Labute approximate surface area is 219 Å². The second kappa shape index (κ2) is 10.9. The van der Waals surface area contributed by atoms with E-state index in [0.29, 0.717) is 40.6 Å². The molecule has 3 aromatic rings. The summed E-state index contributed by atoms with van der Waals surface area (Å²) in [7, 11) is 1.50. The highest BCUT2D eigenvalue weighted by atomic mass is 19.1. The molecular formula is C29H28FN3O5. The van der Waals surface area contributed by atoms with Gasteiger partial charge in [-0.1, -0.05) is 36.4 Å². The molecule has 3 amide bonds. The molecular weight excluding hydrogens is 489 g/mol. The van der Waals surface area contributed by atoms with Gasteiger partial charge in [0.1, 0.15) is 11.6 Å². The van der Waals surface area contributed by atoms with E-state index < -0.39 is 18.2 Å². The number of carbonyl (C=O) groups is 3. The molecule has 2 N–H and O–H groups in total. The minimum Gasteiger partial charge on any atom is -0.496 e. The highest BCUT2D eigenvalue weighted by molar-refractivity contribution is 6.06. The molecule has 2 aliphatic rings. The maximum Gasteiger partial charge on any atom is 0.411 e. The largest absolute Gasteiger partial charge is 0.496 e. The van der Waals surface area contributed by atoms with Gasteiger partial charge in [-0.3, -0.25) is 14.5 Å². The number of nitrogens with one attached hydrogen (secondary N) is 2. The Morgan fingerprint density at radius 1 is 1.03 bits per heavy atom. The Kier molecular flexibility index (Phi) is 7.26. The lowest BCUT2D eigenvalue weighted by atomic mass is 10.00. The van der Waals surface area contributed by atoms with E-state index in [1.807, 2.05) is 0 Å². The molecule has 5 rings (SSSR count). The average molecular weight is 518 g/mol. The van der Waals surface area contributed by atoms with Crippen molar-refractivity contribution in [1.29, 1.82) is 0 Å². The van der Waals surface area contributed by atoms with Crippen molar-refractivity contribution in [3.05, 3.63) is 95.3 Å². The maximum atomic E-state index is 13.4. The van der Waals surface area contributed by atoms with E-state index in [-0.39, 0.29) is 24.2 Å². The molecule has 1 saturated heterocycles.